The summed E-state index contributed by atoms with van der Waals surface area (Å²) in [5, 5.41) is 44.3. The van der Waals surface area contributed by atoms with E-state index in [-0.39, 0.29) is 23.9 Å². The van der Waals surface area contributed by atoms with Gasteiger partial charge in [-0.15, -0.1) is 0 Å². The summed E-state index contributed by atoms with van der Waals surface area (Å²) >= 11 is 0. The minimum Gasteiger partial charge on any atom is -0.394 e. The maximum Gasteiger partial charge on any atom is 0.252 e. The molecule has 0 amide bonds. The number of carbonyl (C=O) groups excluding carboxylic acids is 1. The van der Waals surface area contributed by atoms with Crippen molar-refractivity contribution in [3.05, 3.63) is 46.4 Å². The van der Waals surface area contributed by atoms with Gasteiger partial charge in [-0.1, -0.05) is 65.3 Å². The predicted molar refractivity (Wildman–Crippen MR) is 189 cm³/mol. The molecule has 5 rings (SSSR count). The predicted octanol–water partition coefficient (Wildman–Crippen LogP) is 4.41. The number of hydrogen-bond donors (Lipinski definition) is 7. The maximum atomic E-state index is 10.3. The number of aldehydes is 1. The number of nitrogens with one attached hydrogen (secondary N) is 1. The van der Waals surface area contributed by atoms with Gasteiger partial charge in [0.2, 0.25) is 0 Å². The van der Waals surface area contributed by atoms with Crippen LogP contribution in [0.25, 0.3) is 0 Å². The molecule has 4 aliphatic rings. The van der Waals surface area contributed by atoms with Crippen LogP contribution in [0.5, 0.6) is 0 Å². The molecule has 0 aromatic carbocycles. The fourth-order valence-corrected chi connectivity index (χ4v) is 9.63. The van der Waals surface area contributed by atoms with Crippen LogP contribution in [0.1, 0.15) is 99.3 Å². The molecule has 1 aromatic heterocycles. The second kappa shape index (κ2) is 17.5. The third kappa shape index (κ3) is 9.24. The van der Waals surface area contributed by atoms with Crippen LogP contribution in [0.15, 0.2) is 40.9 Å². The summed E-state index contributed by atoms with van der Waals surface area (Å²) in [5.41, 5.74) is 7.38. The SMILES string of the molecule is CC[C@H](/C=C/[C@@H](C)[C@H]1CC[C@H]2[C@@H]3CC=C4C[C@@H](O)CC[C@]4(C)[C@H]3CC[C@]12C)C(C)C.Nc1nccc(=O)[nH]1.O=C[C@@H](O)[C@H](O)[C@H](O)CO. The lowest BCUT2D eigenvalue weighted by Gasteiger charge is -2.58. The number of nitrogen functional groups attached to an aromatic ring is 1. The Balaban J connectivity index is 0.000000284. The van der Waals surface area contributed by atoms with Crippen molar-refractivity contribution in [3.63, 3.8) is 0 Å². The van der Waals surface area contributed by atoms with E-state index < -0.39 is 24.9 Å². The topological polar surface area (TPSA) is 190 Å². The first-order valence-electron chi connectivity index (χ1n) is 18.1. The van der Waals surface area contributed by atoms with Crippen molar-refractivity contribution in [2.75, 3.05) is 12.3 Å². The highest BCUT2D eigenvalue weighted by molar-refractivity contribution is 5.56. The van der Waals surface area contributed by atoms with Crippen LogP contribution in [0.4, 0.5) is 5.95 Å². The van der Waals surface area contributed by atoms with Gasteiger partial charge in [-0.05, 0) is 110 Å². The number of aliphatic hydroxyl groups is 5. The third-order valence-corrected chi connectivity index (χ3v) is 12.5. The van der Waals surface area contributed by atoms with Crippen molar-refractivity contribution in [3.8, 4) is 0 Å². The maximum absolute atomic E-state index is 10.3. The molecule has 8 N–H and O–H groups in total. The van der Waals surface area contributed by atoms with E-state index in [1.54, 1.807) is 5.57 Å². The van der Waals surface area contributed by atoms with Crippen molar-refractivity contribution in [2.24, 2.45) is 52.3 Å². The number of allylic oxidation sites excluding steroid dienone is 3. The first-order valence-corrected chi connectivity index (χ1v) is 18.1. The molecule has 0 radical (unpaired) electrons. The van der Waals surface area contributed by atoms with Crippen molar-refractivity contribution in [1.82, 2.24) is 9.97 Å². The molecule has 0 bridgehead atoms. The van der Waals surface area contributed by atoms with Gasteiger partial charge in [0, 0.05) is 12.3 Å². The van der Waals surface area contributed by atoms with Crippen LogP contribution < -0.4 is 11.3 Å². The van der Waals surface area contributed by atoms with E-state index in [0.29, 0.717) is 16.7 Å². The minimum atomic E-state index is -1.64. The number of nitrogens with two attached hydrogens (primary N) is 1. The largest absolute Gasteiger partial charge is 0.394 e. The van der Waals surface area contributed by atoms with Crippen LogP contribution >= 0.6 is 0 Å². The number of nitrogens with zero attached hydrogens (tertiary/aromatic N) is 1. The first-order chi connectivity index (χ1) is 22.6. The quantitative estimate of drug-likeness (QED) is 0.147. The molecular formula is C38H63N3O7. The van der Waals surface area contributed by atoms with Gasteiger partial charge in [-0.3, -0.25) is 9.78 Å². The highest BCUT2D eigenvalue weighted by Crippen LogP contribution is 2.67. The number of rotatable bonds is 9. The van der Waals surface area contributed by atoms with E-state index in [4.69, 9.17) is 26.2 Å². The lowest BCUT2D eigenvalue weighted by Crippen LogP contribution is -2.50. The Morgan fingerprint density at radius 3 is 2.33 bits per heavy atom. The molecule has 1 heterocycles. The van der Waals surface area contributed by atoms with Gasteiger partial charge in [-0.25, -0.2) is 4.98 Å². The number of aromatic nitrogens is 2. The van der Waals surface area contributed by atoms with Crippen molar-refractivity contribution in [1.29, 1.82) is 0 Å². The Morgan fingerprint density at radius 1 is 1.06 bits per heavy atom. The molecule has 4 aliphatic carbocycles. The summed E-state index contributed by atoms with van der Waals surface area (Å²) in [6, 6.07) is 1.30. The average Bonchev–Trinajstić information content (AvgIpc) is 3.41. The van der Waals surface area contributed by atoms with Crippen molar-refractivity contribution in [2.45, 2.75) is 124 Å². The summed E-state index contributed by atoms with van der Waals surface area (Å²) in [7, 11) is 0. The second-order valence-electron chi connectivity index (χ2n) is 15.6. The third-order valence-electron chi connectivity index (χ3n) is 12.5. The standard InChI is InChI=1S/C29H48O.C5H10O5.C4H5N3O/c1-7-21(19(2)3)9-8-20(4)25-12-13-26-24-11-10-22-18-23(30)14-16-28(22,5)27(24)15-17-29(25,26)6;6-1-3(8)5(10)4(9)2-7;5-4-6-2-1-3(8)7-4/h8-10,19-21,23-27,30H,7,11-18H2,1-6H3;1,3-5,7-10H,2H2;1-2H,(H3,5,6,7,8)/b9-8+;;/t20-,21-,23+,24+,25-,26+,27+,28+,29-;3-,4-,5+;/m11./s1. The molecule has 272 valence electrons. The highest BCUT2D eigenvalue weighted by atomic mass is 16.4. The molecule has 0 saturated heterocycles. The molecule has 1 aromatic rings. The van der Waals surface area contributed by atoms with E-state index in [1.807, 2.05) is 0 Å². The van der Waals surface area contributed by atoms with E-state index in [0.717, 1.165) is 48.3 Å². The van der Waals surface area contributed by atoms with Crippen LogP contribution in [0, 0.1) is 52.3 Å². The van der Waals surface area contributed by atoms with E-state index in [1.165, 1.54) is 57.2 Å². The van der Waals surface area contributed by atoms with Gasteiger partial charge in [0.25, 0.3) is 5.56 Å². The molecule has 0 aliphatic heterocycles. The zero-order valence-corrected chi connectivity index (χ0v) is 30.0. The normalized spacial score (nSPS) is 34.1. The molecule has 10 heteroatoms. The molecule has 3 saturated carbocycles. The summed E-state index contributed by atoms with van der Waals surface area (Å²) in [4.78, 5) is 25.9. The van der Waals surface area contributed by atoms with Crippen molar-refractivity contribution < 1.29 is 30.3 Å². The monoisotopic (exact) mass is 673 g/mol. The number of aliphatic hydroxyl groups excluding tert-OH is 5. The molecule has 0 unspecified atom stereocenters. The molecule has 0 spiro atoms. The van der Waals surface area contributed by atoms with Crippen LogP contribution in [0.2, 0.25) is 0 Å². The van der Waals surface area contributed by atoms with Crippen LogP contribution in [-0.4, -0.2) is 72.8 Å². The highest BCUT2D eigenvalue weighted by Gasteiger charge is 2.59. The van der Waals surface area contributed by atoms with Gasteiger partial charge in [0.1, 0.15) is 18.3 Å². The first kappa shape index (κ1) is 40.1. The fourth-order valence-electron chi connectivity index (χ4n) is 9.63. The Kier molecular flexibility index (Phi) is 14.6. The Morgan fingerprint density at radius 2 is 1.77 bits per heavy atom. The number of aromatic amines is 1. The van der Waals surface area contributed by atoms with Gasteiger partial charge in [-0.2, -0.15) is 0 Å². The van der Waals surface area contributed by atoms with Gasteiger partial charge < -0.3 is 36.1 Å². The average molecular weight is 674 g/mol. The van der Waals surface area contributed by atoms with Crippen molar-refractivity contribution >= 4 is 12.2 Å². The number of carbonyl (C=O) groups is 1. The number of fused-ring (bicyclic) bond motifs is 5. The van der Waals surface area contributed by atoms with E-state index >= 15 is 0 Å². The smallest absolute Gasteiger partial charge is 0.252 e. The Labute approximate surface area is 287 Å². The van der Waals surface area contributed by atoms with Gasteiger partial charge >= 0.3 is 0 Å². The number of hydrogen-bond acceptors (Lipinski definition) is 9. The molecule has 12 atom stereocenters. The van der Waals surface area contributed by atoms with Crippen LogP contribution in [0.3, 0.4) is 0 Å². The molecule has 3 fully saturated rings. The fraction of sp³-hybridized carbons (Fsp3) is 0.763. The summed E-state index contributed by atoms with van der Waals surface area (Å²) in [6.45, 7) is 14.1. The Bertz CT molecular complexity index is 1280. The molecule has 48 heavy (non-hydrogen) atoms. The lowest BCUT2D eigenvalue weighted by atomic mass is 9.47. The molecular weight excluding hydrogens is 610 g/mol. The van der Waals surface area contributed by atoms with E-state index in [9.17, 15) is 14.7 Å². The van der Waals surface area contributed by atoms with Gasteiger partial charge in [0.05, 0.1) is 12.7 Å². The summed E-state index contributed by atoms with van der Waals surface area (Å²) in [6.07, 6.45) is 15.8. The Hall–Kier alpha value is -2.37. The summed E-state index contributed by atoms with van der Waals surface area (Å²) in [5.74, 6) is 5.85. The lowest BCUT2D eigenvalue weighted by molar-refractivity contribution is -0.127. The number of anilines is 1. The zero-order chi connectivity index (χ0) is 35.8. The van der Waals surface area contributed by atoms with Gasteiger partial charge in [0.15, 0.2) is 12.2 Å². The van der Waals surface area contributed by atoms with E-state index in [2.05, 4.69) is 69.7 Å². The minimum absolute atomic E-state index is 0.0869. The zero-order valence-electron chi connectivity index (χ0n) is 30.0. The van der Waals surface area contributed by atoms with Crippen LogP contribution in [-0.2, 0) is 4.79 Å². The molecule has 10 nitrogen and oxygen atoms in total. The second-order valence-corrected chi connectivity index (χ2v) is 15.6. The summed E-state index contributed by atoms with van der Waals surface area (Å²) < 4.78 is 0. The number of H-pyrrole nitrogens is 1.